The average Bonchev–Trinajstić information content (AvgIpc) is 3.98. The van der Waals surface area contributed by atoms with Gasteiger partial charge in [0.05, 0.1) is 9.40 Å². The molecule has 0 amide bonds. The number of fused-ring (bicyclic) bond motifs is 6. The summed E-state index contributed by atoms with van der Waals surface area (Å²) < 4.78 is 18.5. The van der Waals surface area contributed by atoms with Crippen LogP contribution in [0.15, 0.2) is 72.8 Å². The van der Waals surface area contributed by atoms with Gasteiger partial charge in [-0.1, -0.05) is 101 Å². The predicted molar refractivity (Wildman–Crippen MR) is 243 cm³/mol. The molecular formula is C48H50O6S4. The number of benzene rings is 3. The molecule has 0 aliphatic heterocycles. The second-order valence-corrected chi connectivity index (χ2v) is 19.6. The van der Waals surface area contributed by atoms with E-state index in [9.17, 15) is 19.2 Å². The number of esters is 2. The number of unbranched alkanes of at least 4 members (excludes halogenated alkanes) is 6. The van der Waals surface area contributed by atoms with Gasteiger partial charge < -0.3 is 9.47 Å². The largest absolute Gasteiger partial charge is 0.451 e. The highest BCUT2D eigenvalue weighted by Gasteiger charge is 2.26. The number of carbonyl (C=O) groups excluding carboxylic acids is 4. The monoisotopic (exact) mass is 850 g/mol. The van der Waals surface area contributed by atoms with E-state index in [1.54, 1.807) is 45.3 Å². The SMILES string of the molecule is CCCCCCc1ccc(CC(OC(=O)C(C)=O)c2cc3sc4cc5c(cc4c3s2)sc2cc(C(Cc3ccc(CCCCCC)cc3)OC(=O)C(C)=O)sc25)cc1. The summed E-state index contributed by atoms with van der Waals surface area (Å²) in [6, 6.07) is 25.9. The third-order valence-electron chi connectivity index (χ3n) is 10.7. The number of ether oxygens (including phenoxy) is 2. The number of thiophene rings is 4. The highest BCUT2D eigenvalue weighted by molar-refractivity contribution is 7.34. The smallest absolute Gasteiger partial charge is 0.374 e. The molecule has 0 radical (unpaired) electrons. The number of ketones is 2. The second kappa shape index (κ2) is 19.2. The van der Waals surface area contributed by atoms with Crippen LogP contribution in [0.5, 0.6) is 0 Å². The lowest BCUT2D eigenvalue weighted by molar-refractivity contribution is -0.157. The zero-order valence-electron chi connectivity index (χ0n) is 33.7. The number of hydrogen-bond donors (Lipinski definition) is 0. The van der Waals surface area contributed by atoms with Gasteiger partial charge in [-0.05, 0) is 72.2 Å². The van der Waals surface area contributed by atoms with E-state index in [0.29, 0.717) is 12.8 Å². The van der Waals surface area contributed by atoms with Crippen molar-refractivity contribution in [2.24, 2.45) is 0 Å². The third-order valence-corrected chi connectivity index (χ3v) is 15.7. The summed E-state index contributed by atoms with van der Waals surface area (Å²) in [5.41, 5.74) is 4.73. The lowest BCUT2D eigenvalue weighted by Gasteiger charge is -2.16. The molecule has 4 heterocycles. The molecule has 4 aromatic heterocycles. The maximum atomic E-state index is 12.6. The molecule has 58 heavy (non-hydrogen) atoms. The van der Waals surface area contributed by atoms with Gasteiger partial charge in [0.15, 0.2) is 0 Å². The van der Waals surface area contributed by atoms with Gasteiger partial charge in [-0.15, -0.1) is 45.3 Å². The van der Waals surface area contributed by atoms with Gasteiger partial charge in [-0.25, -0.2) is 9.59 Å². The van der Waals surface area contributed by atoms with Crippen LogP contribution in [-0.4, -0.2) is 23.5 Å². The van der Waals surface area contributed by atoms with Crippen molar-refractivity contribution in [3.8, 4) is 0 Å². The zero-order chi connectivity index (χ0) is 40.8. The fraction of sp³-hybridized carbons (Fsp3) is 0.375. The van der Waals surface area contributed by atoms with Crippen LogP contribution >= 0.6 is 45.3 Å². The van der Waals surface area contributed by atoms with E-state index < -0.39 is 35.7 Å². The summed E-state index contributed by atoms with van der Waals surface area (Å²) in [6.45, 7) is 6.94. The van der Waals surface area contributed by atoms with Crippen LogP contribution in [0.3, 0.4) is 0 Å². The molecule has 7 aromatic rings. The highest BCUT2D eigenvalue weighted by atomic mass is 32.1. The fourth-order valence-electron chi connectivity index (χ4n) is 7.40. The quantitative estimate of drug-likeness (QED) is 0.0431. The second-order valence-electron chi connectivity index (χ2n) is 15.3. The molecule has 0 fully saturated rings. The molecule has 10 heteroatoms. The maximum absolute atomic E-state index is 12.6. The van der Waals surface area contributed by atoms with Crippen molar-refractivity contribution in [2.45, 2.75) is 117 Å². The van der Waals surface area contributed by atoms with Crippen molar-refractivity contribution in [3.63, 3.8) is 0 Å². The first kappa shape index (κ1) is 41.9. The van der Waals surface area contributed by atoms with Crippen molar-refractivity contribution in [2.75, 3.05) is 0 Å². The van der Waals surface area contributed by atoms with E-state index in [0.717, 1.165) is 72.7 Å². The van der Waals surface area contributed by atoms with Crippen LogP contribution in [0.1, 0.15) is 123 Å². The zero-order valence-corrected chi connectivity index (χ0v) is 36.9. The van der Waals surface area contributed by atoms with E-state index in [4.69, 9.17) is 9.47 Å². The van der Waals surface area contributed by atoms with Crippen LogP contribution < -0.4 is 0 Å². The molecule has 0 saturated carbocycles. The Hall–Kier alpha value is -4.22. The Labute approximate surface area is 356 Å². The van der Waals surface area contributed by atoms with Gasteiger partial charge in [0, 0.05) is 66.0 Å². The Morgan fingerprint density at radius 2 is 0.862 bits per heavy atom. The van der Waals surface area contributed by atoms with E-state index in [1.807, 2.05) is 0 Å². The normalized spacial score (nSPS) is 12.8. The van der Waals surface area contributed by atoms with Crippen LogP contribution in [0.2, 0.25) is 0 Å². The molecule has 3 aromatic carbocycles. The van der Waals surface area contributed by atoms with Crippen LogP contribution in [0.25, 0.3) is 39.0 Å². The topological polar surface area (TPSA) is 86.7 Å². The standard InChI is InChI=1S/C48H50O6S4/c1-5-7-9-11-13-31-15-19-33(20-16-31)23-37(53-47(51)29(3)49)41-27-43-45(57-41)35-25-40-36(26-39(35)55-43)46-44(56-40)28-42(58-46)38(54-48(52)30(4)50)24-34-21-17-32(18-22-34)14-12-10-8-6-2/h15-22,25-28,37-38H,5-14,23-24H2,1-4H3. The molecule has 0 aliphatic carbocycles. The first-order valence-corrected chi connectivity index (χ1v) is 23.8. The summed E-state index contributed by atoms with van der Waals surface area (Å²) in [5, 5.41) is 2.31. The molecule has 2 unspecified atom stereocenters. The molecular weight excluding hydrogens is 801 g/mol. The Balaban J connectivity index is 1.14. The fourth-order valence-corrected chi connectivity index (χ4v) is 12.6. The Morgan fingerprint density at radius 3 is 1.22 bits per heavy atom. The molecule has 0 spiro atoms. The van der Waals surface area contributed by atoms with Gasteiger partial charge >= 0.3 is 11.9 Å². The number of hydrogen-bond acceptors (Lipinski definition) is 10. The number of carbonyl (C=O) groups is 4. The molecule has 0 N–H and O–H groups in total. The lowest BCUT2D eigenvalue weighted by Crippen LogP contribution is -2.18. The van der Waals surface area contributed by atoms with Gasteiger partial charge in [0.1, 0.15) is 12.2 Å². The van der Waals surface area contributed by atoms with E-state index in [2.05, 4.69) is 86.6 Å². The van der Waals surface area contributed by atoms with Crippen molar-refractivity contribution >= 4 is 108 Å². The summed E-state index contributed by atoms with van der Waals surface area (Å²) in [4.78, 5) is 51.1. The summed E-state index contributed by atoms with van der Waals surface area (Å²) in [7, 11) is 0. The molecule has 0 bridgehead atoms. The van der Waals surface area contributed by atoms with E-state index in [-0.39, 0.29) is 0 Å². The molecule has 2 atom stereocenters. The van der Waals surface area contributed by atoms with E-state index in [1.165, 1.54) is 76.3 Å². The number of Topliss-reactive ketones (excluding diaryl/α,β-unsaturated/α-hetero) is 2. The Kier molecular flexibility index (Phi) is 13.9. The molecule has 6 nitrogen and oxygen atoms in total. The van der Waals surface area contributed by atoms with E-state index >= 15 is 0 Å². The Bertz CT molecular complexity index is 2370. The van der Waals surface area contributed by atoms with Gasteiger partial charge in [0.2, 0.25) is 11.6 Å². The summed E-state index contributed by atoms with van der Waals surface area (Å²) in [5.74, 6) is -2.85. The van der Waals surface area contributed by atoms with Crippen LogP contribution in [-0.2, 0) is 54.3 Å². The molecule has 0 aliphatic rings. The van der Waals surface area contributed by atoms with Gasteiger partial charge in [-0.2, -0.15) is 0 Å². The maximum Gasteiger partial charge on any atom is 0.374 e. The van der Waals surface area contributed by atoms with Gasteiger partial charge in [0.25, 0.3) is 0 Å². The minimum absolute atomic E-state index is 0.488. The Morgan fingerprint density at radius 1 is 0.483 bits per heavy atom. The number of rotatable bonds is 20. The number of aryl methyl sites for hydroxylation is 2. The minimum Gasteiger partial charge on any atom is -0.451 e. The summed E-state index contributed by atoms with van der Waals surface area (Å²) in [6.07, 6.45) is 11.7. The van der Waals surface area contributed by atoms with Crippen molar-refractivity contribution in [1.29, 1.82) is 0 Å². The van der Waals surface area contributed by atoms with Crippen LogP contribution in [0.4, 0.5) is 0 Å². The molecule has 302 valence electrons. The average molecular weight is 851 g/mol. The van der Waals surface area contributed by atoms with Crippen molar-refractivity contribution < 1.29 is 28.7 Å². The lowest BCUT2D eigenvalue weighted by atomic mass is 10.0. The predicted octanol–water partition coefficient (Wildman–Crippen LogP) is 13.6. The molecule has 0 saturated heterocycles. The highest BCUT2D eigenvalue weighted by Crippen LogP contribution is 2.48. The van der Waals surface area contributed by atoms with Crippen molar-refractivity contribution in [3.05, 3.63) is 105 Å². The van der Waals surface area contributed by atoms with Gasteiger partial charge in [-0.3, -0.25) is 9.59 Å². The van der Waals surface area contributed by atoms with Crippen molar-refractivity contribution in [1.82, 2.24) is 0 Å². The molecule has 7 rings (SSSR count). The minimum atomic E-state index is -0.816. The first-order chi connectivity index (χ1) is 28.1. The summed E-state index contributed by atoms with van der Waals surface area (Å²) >= 11 is 6.67. The van der Waals surface area contributed by atoms with Crippen LogP contribution in [0, 0.1) is 0 Å². The third kappa shape index (κ3) is 9.96. The first-order valence-electron chi connectivity index (χ1n) is 20.5.